The van der Waals surface area contributed by atoms with Crippen molar-refractivity contribution in [1.29, 1.82) is 0 Å². The van der Waals surface area contributed by atoms with E-state index in [1.54, 1.807) is 12.5 Å². The van der Waals surface area contributed by atoms with Crippen molar-refractivity contribution < 1.29 is 0 Å². The Morgan fingerprint density at radius 1 is 1.15 bits per heavy atom. The molecule has 2 aromatic heterocycles. The van der Waals surface area contributed by atoms with Crippen molar-refractivity contribution in [3.63, 3.8) is 0 Å². The van der Waals surface area contributed by atoms with E-state index >= 15 is 0 Å². The largest absolute Gasteiger partial charge is 0.369 e. The highest BCUT2D eigenvalue weighted by Gasteiger charge is 1.99. The van der Waals surface area contributed by atoms with Gasteiger partial charge in [-0.3, -0.25) is 4.98 Å². The van der Waals surface area contributed by atoms with Gasteiger partial charge in [-0.1, -0.05) is 6.07 Å². The fourth-order valence-corrected chi connectivity index (χ4v) is 1.65. The molecule has 0 atom stereocenters. The summed E-state index contributed by atoms with van der Waals surface area (Å²) >= 11 is 0. The molecule has 0 aliphatic rings. The first-order valence-electron chi connectivity index (χ1n) is 6.57. The molecule has 6 nitrogen and oxygen atoms in total. The molecule has 0 radical (unpaired) electrons. The van der Waals surface area contributed by atoms with Crippen molar-refractivity contribution in [3.05, 3.63) is 42.5 Å². The van der Waals surface area contributed by atoms with E-state index in [0.29, 0.717) is 6.54 Å². The Bertz CT molecular complexity index is 514. The molecule has 0 spiro atoms. The summed E-state index contributed by atoms with van der Waals surface area (Å²) in [6.07, 6.45) is 5.16. The summed E-state index contributed by atoms with van der Waals surface area (Å²) in [5, 5.41) is 6.53. The predicted octanol–water partition coefficient (Wildman–Crippen LogP) is 1.46. The first-order chi connectivity index (χ1) is 9.74. The molecular weight excluding hydrogens is 252 g/mol. The lowest BCUT2D eigenvalue weighted by atomic mass is 10.3. The maximum atomic E-state index is 4.20. The number of anilines is 2. The second-order valence-electron chi connectivity index (χ2n) is 4.73. The summed E-state index contributed by atoms with van der Waals surface area (Å²) in [6, 6.07) is 5.86. The fourth-order valence-electron chi connectivity index (χ4n) is 1.65. The minimum Gasteiger partial charge on any atom is -0.369 e. The van der Waals surface area contributed by atoms with Crippen LogP contribution in [-0.4, -0.2) is 47.0 Å². The maximum Gasteiger partial charge on any atom is 0.131 e. The Morgan fingerprint density at radius 3 is 2.65 bits per heavy atom. The lowest BCUT2D eigenvalue weighted by Crippen LogP contribution is -2.21. The average molecular weight is 272 g/mol. The number of nitrogens with zero attached hydrogens (tertiary/aromatic N) is 4. The Kier molecular flexibility index (Phi) is 5.25. The number of likely N-dealkylation sites (N-methyl/N-ethyl adjacent to an activating group) is 1. The van der Waals surface area contributed by atoms with Gasteiger partial charge in [-0.2, -0.15) is 0 Å². The first kappa shape index (κ1) is 14.2. The first-order valence-corrected chi connectivity index (χ1v) is 6.57. The van der Waals surface area contributed by atoms with Crippen LogP contribution in [0.5, 0.6) is 0 Å². The zero-order chi connectivity index (χ0) is 14.2. The summed E-state index contributed by atoms with van der Waals surface area (Å²) in [5.74, 6) is 1.63. The van der Waals surface area contributed by atoms with E-state index in [0.717, 1.165) is 30.3 Å². The van der Waals surface area contributed by atoms with Crippen molar-refractivity contribution in [2.75, 3.05) is 37.8 Å². The molecule has 0 amide bonds. The van der Waals surface area contributed by atoms with Crippen molar-refractivity contribution in [3.8, 4) is 0 Å². The van der Waals surface area contributed by atoms with E-state index in [4.69, 9.17) is 0 Å². The van der Waals surface area contributed by atoms with Crippen LogP contribution >= 0.6 is 0 Å². The second-order valence-corrected chi connectivity index (χ2v) is 4.73. The third kappa shape index (κ3) is 4.81. The molecule has 0 unspecified atom stereocenters. The molecule has 106 valence electrons. The number of hydrogen-bond acceptors (Lipinski definition) is 6. The van der Waals surface area contributed by atoms with Crippen LogP contribution in [0.4, 0.5) is 11.6 Å². The van der Waals surface area contributed by atoms with Crippen LogP contribution in [0.25, 0.3) is 0 Å². The summed E-state index contributed by atoms with van der Waals surface area (Å²) in [6.45, 7) is 2.51. The standard InChI is InChI=1S/C14H20N6/c1-20(2)7-6-16-13-8-14(19-11-18-13)17-10-12-4-3-5-15-9-12/h3-5,8-9,11H,6-7,10H2,1-2H3,(H2,16,17,18,19). The monoisotopic (exact) mass is 272 g/mol. The quantitative estimate of drug-likeness (QED) is 0.795. The van der Waals surface area contributed by atoms with E-state index in [1.165, 1.54) is 0 Å². The molecule has 2 aromatic rings. The third-order valence-corrected chi connectivity index (χ3v) is 2.73. The van der Waals surface area contributed by atoms with Crippen LogP contribution in [0.2, 0.25) is 0 Å². The number of aromatic nitrogens is 3. The van der Waals surface area contributed by atoms with Crippen LogP contribution in [-0.2, 0) is 6.54 Å². The van der Waals surface area contributed by atoms with Gasteiger partial charge in [0.1, 0.15) is 18.0 Å². The predicted molar refractivity (Wildman–Crippen MR) is 80.6 cm³/mol. The molecule has 6 heteroatoms. The normalized spacial score (nSPS) is 10.6. The molecule has 0 aliphatic carbocycles. The number of pyridine rings is 1. The van der Waals surface area contributed by atoms with Crippen molar-refractivity contribution >= 4 is 11.6 Å². The molecule has 2 N–H and O–H groups in total. The van der Waals surface area contributed by atoms with E-state index in [1.807, 2.05) is 38.5 Å². The van der Waals surface area contributed by atoms with E-state index < -0.39 is 0 Å². The van der Waals surface area contributed by atoms with Crippen LogP contribution in [0, 0.1) is 0 Å². The van der Waals surface area contributed by atoms with Gasteiger partial charge in [0.25, 0.3) is 0 Å². The Hall–Kier alpha value is -2.21. The van der Waals surface area contributed by atoms with Gasteiger partial charge in [-0.15, -0.1) is 0 Å². The molecular formula is C14H20N6. The van der Waals surface area contributed by atoms with Crippen LogP contribution in [0.15, 0.2) is 36.9 Å². The summed E-state index contributed by atoms with van der Waals surface area (Å²) < 4.78 is 0. The van der Waals surface area contributed by atoms with Gasteiger partial charge in [0.15, 0.2) is 0 Å². The summed E-state index contributed by atoms with van der Waals surface area (Å²) in [5.41, 5.74) is 1.12. The smallest absolute Gasteiger partial charge is 0.131 e. The highest BCUT2D eigenvalue weighted by molar-refractivity contribution is 5.46. The van der Waals surface area contributed by atoms with E-state index in [-0.39, 0.29) is 0 Å². The lowest BCUT2D eigenvalue weighted by Gasteiger charge is -2.11. The molecule has 0 saturated heterocycles. The van der Waals surface area contributed by atoms with Crippen molar-refractivity contribution in [2.45, 2.75) is 6.54 Å². The van der Waals surface area contributed by atoms with Gasteiger partial charge >= 0.3 is 0 Å². The van der Waals surface area contributed by atoms with Gasteiger partial charge in [0.05, 0.1) is 0 Å². The molecule has 2 heterocycles. The Balaban J connectivity index is 1.86. The average Bonchev–Trinajstić information content (AvgIpc) is 2.46. The topological polar surface area (TPSA) is 66.0 Å². The Morgan fingerprint density at radius 2 is 1.95 bits per heavy atom. The number of hydrogen-bond donors (Lipinski definition) is 2. The van der Waals surface area contributed by atoms with E-state index in [2.05, 4.69) is 30.5 Å². The molecule has 2 rings (SSSR count). The van der Waals surface area contributed by atoms with Gasteiger partial charge in [-0.25, -0.2) is 9.97 Å². The highest BCUT2D eigenvalue weighted by Crippen LogP contribution is 2.09. The zero-order valence-electron chi connectivity index (χ0n) is 11.9. The molecule has 0 aliphatic heterocycles. The molecule has 0 bridgehead atoms. The number of rotatable bonds is 7. The molecule has 0 saturated carbocycles. The third-order valence-electron chi connectivity index (χ3n) is 2.73. The maximum absolute atomic E-state index is 4.20. The summed E-state index contributed by atoms with van der Waals surface area (Å²) in [4.78, 5) is 14.6. The molecule has 20 heavy (non-hydrogen) atoms. The van der Waals surface area contributed by atoms with Crippen LogP contribution < -0.4 is 10.6 Å². The zero-order valence-corrected chi connectivity index (χ0v) is 11.9. The van der Waals surface area contributed by atoms with Gasteiger partial charge in [-0.05, 0) is 25.7 Å². The van der Waals surface area contributed by atoms with Gasteiger partial charge in [0, 0.05) is 38.1 Å². The van der Waals surface area contributed by atoms with Gasteiger partial charge in [0.2, 0.25) is 0 Å². The highest BCUT2D eigenvalue weighted by atomic mass is 15.1. The Labute approximate surface area is 119 Å². The summed E-state index contributed by atoms with van der Waals surface area (Å²) in [7, 11) is 4.09. The van der Waals surface area contributed by atoms with Crippen LogP contribution in [0.3, 0.4) is 0 Å². The second kappa shape index (κ2) is 7.40. The van der Waals surface area contributed by atoms with Crippen molar-refractivity contribution in [2.24, 2.45) is 0 Å². The van der Waals surface area contributed by atoms with Crippen molar-refractivity contribution in [1.82, 2.24) is 19.9 Å². The SMILES string of the molecule is CN(C)CCNc1cc(NCc2cccnc2)ncn1. The van der Waals surface area contributed by atoms with E-state index in [9.17, 15) is 0 Å². The number of nitrogens with one attached hydrogen (secondary N) is 2. The minimum absolute atomic E-state index is 0.696. The fraction of sp³-hybridized carbons (Fsp3) is 0.357. The lowest BCUT2D eigenvalue weighted by molar-refractivity contribution is 0.425. The van der Waals surface area contributed by atoms with Crippen LogP contribution in [0.1, 0.15) is 5.56 Å². The molecule has 0 aromatic carbocycles. The van der Waals surface area contributed by atoms with Gasteiger partial charge < -0.3 is 15.5 Å². The molecule has 0 fully saturated rings. The minimum atomic E-state index is 0.696.